The van der Waals surface area contributed by atoms with E-state index >= 15 is 0 Å². The first-order chi connectivity index (χ1) is 9.90. The molecule has 0 atom stereocenters. The lowest BCUT2D eigenvalue weighted by Gasteiger charge is -2.14. The van der Waals surface area contributed by atoms with Crippen LogP contribution in [-0.4, -0.2) is 47.8 Å². The number of hydrogen-bond donors (Lipinski definition) is 1. The Morgan fingerprint density at radius 2 is 2.14 bits per heavy atom. The van der Waals surface area contributed by atoms with Crippen LogP contribution < -0.4 is 5.32 Å². The normalized spacial score (nSPS) is 14.8. The molecule has 1 aliphatic heterocycles. The van der Waals surface area contributed by atoms with Gasteiger partial charge < -0.3 is 10.2 Å². The zero-order valence-corrected chi connectivity index (χ0v) is 12.0. The second-order valence-electron chi connectivity index (χ2n) is 4.60. The molecule has 0 bridgehead atoms. The second kappa shape index (κ2) is 6.09. The van der Waals surface area contributed by atoms with E-state index in [-0.39, 0.29) is 23.7 Å². The van der Waals surface area contributed by atoms with Crippen molar-refractivity contribution in [2.75, 3.05) is 20.1 Å². The van der Waals surface area contributed by atoms with Gasteiger partial charge in [-0.25, -0.2) is 9.18 Å². The maximum absolute atomic E-state index is 13.5. The first kappa shape index (κ1) is 15.2. The molecule has 1 N–H and O–H groups in total. The Morgan fingerprint density at radius 3 is 2.71 bits per heavy atom. The number of amides is 4. The summed E-state index contributed by atoms with van der Waals surface area (Å²) in [5, 5.41) is 2.63. The van der Waals surface area contributed by atoms with E-state index in [0.29, 0.717) is 0 Å². The molecule has 1 aromatic carbocycles. The van der Waals surface area contributed by atoms with E-state index in [0.717, 1.165) is 4.90 Å². The van der Waals surface area contributed by atoms with E-state index in [1.54, 1.807) is 0 Å². The van der Waals surface area contributed by atoms with Crippen molar-refractivity contribution in [1.82, 2.24) is 15.1 Å². The van der Waals surface area contributed by atoms with Crippen LogP contribution >= 0.6 is 11.6 Å². The Bertz CT molecular complexity index is 588. The van der Waals surface area contributed by atoms with Gasteiger partial charge in [0.1, 0.15) is 18.9 Å². The van der Waals surface area contributed by atoms with E-state index in [2.05, 4.69) is 5.32 Å². The van der Waals surface area contributed by atoms with Crippen LogP contribution in [0.3, 0.4) is 0 Å². The van der Waals surface area contributed by atoms with Gasteiger partial charge in [0, 0.05) is 24.2 Å². The Morgan fingerprint density at radius 1 is 1.43 bits per heavy atom. The minimum atomic E-state index is -0.564. The molecule has 4 amide bonds. The van der Waals surface area contributed by atoms with Gasteiger partial charge in [0.2, 0.25) is 5.91 Å². The summed E-state index contributed by atoms with van der Waals surface area (Å²) in [5.74, 6) is -1.54. The topological polar surface area (TPSA) is 69.7 Å². The van der Waals surface area contributed by atoms with Crippen LogP contribution in [0.4, 0.5) is 9.18 Å². The van der Waals surface area contributed by atoms with Gasteiger partial charge in [-0.05, 0) is 12.1 Å². The number of nitrogens with one attached hydrogen (secondary N) is 1. The highest BCUT2D eigenvalue weighted by Crippen LogP contribution is 2.18. The Kier molecular flexibility index (Phi) is 4.42. The van der Waals surface area contributed by atoms with Gasteiger partial charge in [0.05, 0.1) is 0 Å². The van der Waals surface area contributed by atoms with Crippen molar-refractivity contribution < 1.29 is 18.8 Å². The molecular weight excluding hydrogens is 301 g/mol. The van der Waals surface area contributed by atoms with Crippen LogP contribution in [0.5, 0.6) is 0 Å². The van der Waals surface area contributed by atoms with Crippen molar-refractivity contribution in [2.45, 2.75) is 6.54 Å². The number of hydrogen-bond acceptors (Lipinski definition) is 3. The number of imide groups is 1. The van der Waals surface area contributed by atoms with Crippen molar-refractivity contribution in [2.24, 2.45) is 0 Å². The van der Waals surface area contributed by atoms with Crippen LogP contribution in [0.2, 0.25) is 5.02 Å². The number of benzene rings is 1. The summed E-state index contributed by atoms with van der Waals surface area (Å²) in [6.45, 7) is -0.560. The van der Waals surface area contributed by atoms with Crippen LogP contribution in [0.1, 0.15) is 5.56 Å². The molecule has 112 valence electrons. The minimum absolute atomic E-state index is 0.0503. The molecule has 1 aromatic rings. The molecule has 1 saturated heterocycles. The second-order valence-corrected chi connectivity index (χ2v) is 5.00. The highest BCUT2D eigenvalue weighted by molar-refractivity contribution is 6.31. The summed E-state index contributed by atoms with van der Waals surface area (Å²) in [4.78, 5) is 36.9. The Hall–Kier alpha value is -2.15. The molecule has 8 heteroatoms. The Balaban J connectivity index is 1.94. The van der Waals surface area contributed by atoms with Gasteiger partial charge >= 0.3 is 6.03 Å². The monoisotopic (exact) mass is 313 g/mol. The first-order valence-corrected chi connectivity index (χ1v) is 6.53. The molecule has 2 rings (SSSR count). The predicted octanol–water partition coefficient (Wildman–Crippen LogP) is 0.989. The van der Waals surface area contributed by atoms with Crippen LogP contribution in [0, 0.1) is 5.82 Å². The number of nitrogens with zero attached hydrogens (tertiary/aromatic N) is 2. The summed E-state index contributed by atoms with van der Waals surface area (Å²) >= 11 is 5.83. The zero-order chi connectivity index (χ0) is 15.6. The van der Waals surface area contributed by atoms with Crippen LogP contribution in [0.15, 0.2) is 18.2 Å². The fourth-order valence-corrected chi connectivity index (χ4v) is 2.14. The summed E-state index contributed by atoms with van der Waals surface area (Å²) in [7, 11) is 1.47. The maximum atomic E-state index is 13.5. The molecule has 6 nitrogen and oxygen atoms in total. The van der Waals surface area contributed by atoms with E-state index in [9.17, 15) is 18.8 Å². The number of carbonyl (C=O) groups excluding carboxylic acids is 3. The molecule has 21 heavy (non-hydrogen) atoms. The average Bonchev–Trinajstić information content (AvgIpc) is 2.65. The highest BCUT2D eigenvalue weighted by atomic mass is 35.5. The minimum Gasteiger partial charge on any atom is -0.350 e. The number of likely N-dealkylation sites (N-methyl/N-ethyl adjacent to an activating group) is 1. The molecule has 0 unspecified atom stereocenters. The van der Waals surface area contributed by atoms with Crippen molar-refractivity contribution in [3.63, 3.8) is 0 Å². The lowest BCUT2D eigenvalue weighted by atomic mass is 10.2. The molecule has 0 saturated carbocycles. The fraction of sp³-hybridized carbons (Fsp3) is 0.308. The third-order valence-corrected chi connectivity index (χ3v) is 3.41. The zero-order valence-electron chi connectivity index (χ0n) is 11.2. The van der Waals surface area contributed by atoms with Crippen molar-refractivity contribution in [3.8, 4) is 0 Å². The van der Waals surface area contributed by atoms with Gasteiger partial charge in [-0.15, -0.1) is 0 Å². The summed E-state index contributed by atoms with van der Waals surface area (Å²) in [6.07, 6.45) is 0. The van der Waals surface area contributed by atoms with Crippen molar-refractivity contribution in [3.05, 3.63) is 34.6 Å². The molecule has 1 fully saturated rings. The van der Waals surface area contributed by atoms with Gasteiger partial charge in [0.25, 0.3) is 5.91 Å². The predicted molar refractivity (Wildman–Crippen MR) is 73.0 cm³/mol. The van der Waals surface area contributed by atoms with Gasteiger partial charge in [-0.3, -0.25) is 14.5 Å². The van der Waals surface area contributed by atoms with E-state index in [1.165, 1.54) is 30.1 Å². The van der Waals surface area contributed by atoms with E-state index in [4.69, 9.17) is 11.6 Å². The maximum Gasteiger partial charge on any atom is 0.327 e. The average molecular weight is 314 g/mol. The molecule has 0 aliphatic carbocycles. The highest BCUT2D eigenvalue weighted by Gasteiger charge is 2.34. The van der Waals surface area contributed by atoms with Crippen molar-refractivity contribution in [1.29, 1.82) is 0 Å². The molecule has 0 spiro atoms. The molecule has 0 aromatic heterocycles. The van der Waals surface area contributed by atoms with Gasteiger partial charge in [0.15, 0.2) is 0 Å². The lowest BCUT2D eigenvalue weighted by Crippen LogP contribution is -2.40. The third-order valence-electron chi connectivity index (χ3n) is 3.06. The summed E-state index contributed by atoms with van der Waals surface area (Å²) in [6, 6.07) is 3.67. The van der Waals surface area contributed by atoms with E-state index in [1.807, 2.05) is 0 Å². The third kappa shape index (κ3) is 3.30. The largest absolute Gasteiger partial charge is 0.350 e. The number of rotatable bonds is 4. The van der Waals surface area contributed by atoms with E-state index < -0.39 is 30.2 Å². The van der Waals surface area contributed by atoms with Gasteiger partial charge in [-0.1, -0.05) is 17.7 Å². The molecule has 1 heterocycles. The SMILES string of the molecule is CN1CC(=O)N(CC(=O)NCc2c(F)cccc2Cl)C1=O. The number of halogens is 2. The summed E-state index contributed by atoms with van der Waals surface area (Å²) in [5.41, 5.74) is 0.156. The Labute approximate surface area is 125 Å². The molecule has 1 aliphatic rings. The summed E-state index contributed by atoms with van der Waals surface area (Å²) < 4.78 is 13.5. The van der Waals surface area contributed by atoms with Gasteiger partial charge in [-0.2, -0.15) is 0 Å². The molecule has 0 radical (unpaired) electrons. The smallest absolute Gasteiger partial charge is 0.327 e. The number of urea groups is 1. The fourth-order valence-electron chi connectivity index (χ4n) is 1.91. The van der Waals surface area contributed by atoms with Crippen LogP contribution in [0.25, 0.3) is 0 Å². The first-order valence-electron chi connectivity index (χ1n) is 6.15. The van der Waals surface area contributed by atoms with Crippen LogP contribution in [-0.2, 0) is 16.1 Å². The van der Waals surface area contributed by atoms with Crippen molar-refractivity contribution >= 4 is 29.4 Å². The number of carbonyl (C=O) groups is 3. The molecular formula is C13H13ClFN3O3. The standard InChI is InChI=1S/C13H13ClFN3O3/c1-17-7-12(20)18(13(17)21)6-11(19)16-5-8-9(14)3-2-4-10(8)15/h2-4H,5-7H2,1H3,(H,16,19). The lowest BCUT2D eigenvalue weighted by molar-refractivity contribution is -0.130. The quantitative estimate of drug-likeness (QED) is 0.843.